The van der Waals surface area contributed by atoms with Crippen LogP contribution in [0.15, 0.2) is 18.2 Å². The fourth-order valence-corrected chi connectivity index (χ4v) is 1.65. The molecule has 0 aliphatic carbocycles. The van der Waals surface area contributed by atoms with E-state index < -0.39 is 18.2 Å². The van der Waals surface area contributed by atoms with Gasteiger partial charge < -0.3 is 15.3 Å². The van der Waals surface area contributed by atoms with Gasteiger partial charge in [-0.2, -0.15) is 0 Å². The molecule has 0 radical (unpaired) electrons. The second-order valence-electron chi connectivity index (χ2n) is 3.21. The monoisotopic (exact) mass is 264 g/mol. The predicted molar refractivity (Wildman–Crippen MR) is 60.1 cm³/mol. The Kier molecular flexibility index (Phi) is 4.56. The van der Waals surface area contributed by atoms with Gasteiger partial charge in [0.15, 0.2) is 0 Å². The van der Waals surface area contributed by atoms with Crippen molar-refractivity contribution in [1.29, 1.82) is 0 Å². The molecule has 0 aromatic heterocycles. The van der Waals surface area contributed by atoms with E-state index in [2.05, 4.69) is 0 Å². The number of aliphatic hydroxyl groups excluding tert-OH is 2. The van der Waals surface area contributed by atoms with E-state index in [-0.39, 0.29) is 22.0 Å². The van der Waals surface area contributed by atoms with Crippen molar-refractivity contribution >= 4 is 29.2 Å². The number of alkyl halides is 1. The summed E-state index contributed by atoms with van der Waals surface area (Å²) in [5.74, 6) is -1.25. The van der Waals surface area contributed by atoms with E-state index in [0.717, 1.165) is 0 Å². The average Bonchev–Trinajstić information content (AvgIpc) is 2.26. The molecule has 0 aliphatic rings. The van der Waals surface area contributed by atoms with E-state index in [1.165, 1.54) is 18.2 Å². The average molecular weight is 265 g/mol. The van der Waals surface area contributed by atoms with Crippen LogP contribution in [0.5, 0.6) is 0 Å². The summed E-state index contributed by atoms with van der Waals surface area (Å²) in [7, 11) is 0. The molecule has 6 heteroatoms. The number of hydrogen-bond donors (Lipinski definition) is 3. The number of benzene rings is 1. The molecule has 0 amide bonds. The maximum Gasteiger partial charge on any atom is 0.335 e. The molecule has 88 valence electrons. The van der Waals surface area contributed by atoms with Crippen molar-refractivity contribution in [3.8, 4) is 0 Å². The lowest BCUT2D eigenvalue weighted by molar-refractivity contribution is 0.0327. The lowest BCUT2D eigenvalue weighted by Gasteiger charge is -2.17. The first-order valence-electron chi connectivity index (χ1n) is 4.42. The standard InChI is InChI=1S/C10H10Cl2O4/c11-4-8(13)9(14)6-2-1-5(10(15)16)3-7(6)12/h1-3,8-9,13-14H,4H2,(H,15,16). The van der Waals surface area contributed by atoms with E-state index in [1.807, 2.05) is 0 Å². The molecule has 2 atom stereocenters. The van der Waals surface area contributed by atoms with Gasteiger partial charge in [-0.1, -0.05) is 17.7 Å². The van der Waals surface area contributed by atoms with E-state index in [4.69, 9.17) is 28.3 Å². The topological polar surface area (TPSA) is 77.8 Å². The van der Waals surface area contributed by atoms with Crippen molar-refractivity contribution in [2.45, 2.75) is 12.2 Å². The number of carboxylic acid groups (broad SMARTS) is 1. The van der Waals surface area contributed by atoms with Crippen LogP contribution < -0.4 is 0 Å². The highest BCUT2D eigenvalue weighted by Crippen LogP contribution is 2.26. The number of hydrogen-bond acceptors (Lipinski definition) is 3. The highest BCUT2D eigenvalue weighted by Gasteiger charge is 2.20. The van der Waals surface area contributed by atoms with Crippen LogP contribution in [0, 0.1) is 0 Å². The molecule has 4 nitrogen and oxygen atoms in total. The molecule has 0 bridgehead atoms. The summed E-state index contributed by atoms with van der Waals surface area (Å²) in [6, 6.07) is 3.86. The smallest absolute Gasteiger partial charge is 0.335 e. The minimum atomic E-state index is -1.23. The van der Waals surface area contributed by atoms with Gasteiger partial charge in [0.1, 0.15) is 6.10 Å². The van der Waals surface area contributed by atoms with Crippen molar-refractivity contribution < 1.29 is 20.1 Å². The Labute approximate surface area is 102 Å². The molecular weight excluding hydrogens is 255 g/mol. The number of aliphatic hydroxyl groups is 2. The summed E-state index contributed by atoms with van der Waals surface area (Å²) in [6.45, 7) is 0. The van der Waals surface area contributed by atoms with Gasteiger partial charge in [-0.25, -0.2) is 4.79 Å². The van der Waals surface area contributed by atoms with Gasteiger partial charge >= 0.3 is 5.97 Å². The van der Waals surface area contributed by atoms with Crippen molar-refractivity contribution in [3.63, 3.8) is 0 Å². The molecule has 0 spiro atoms. The number of rotatable bonds is 4. The Hall–Kier alpha value is -0.810. The third-order valence-electron chi connectivity index (χ3n) is 2.09. The molecule has 3 N–H and O–H groups in total. The summed E-state index contributed by atoms with van der Waals surface area (Å²) < 4.78 is 0. The van der Waals surface area contributed by atoms with Crippen LogP contribution in [0.25, 0.3) is 0 Å². The molecule has 16 heavy (non-hydrogen) atoms. The number of halogens is 2. The van der Waals surface area contributed by atoms with E-state index in [1.54, 1.807) is 0 Å². The number of carbonyl (C=O) groups is 1. The van der Waals surface area contributed by atoms with Gasteiger partial charge in [-0.05, 0) is 12.1 Å². The van der Waals surface area contributed by atoms with Crippen molar-refractivity contribution in [3.05, 3.63) is 34.3 Å². The van der Waals surface area contributed by atoms with Crippen LogP contribution >= 0.6 is 23.2 Å². The lowest BCUT2D eigenvalue weighted by Crippen LogP contribution is -2.20. The van der Waals surface area contributed by atoms with E-state index >= 15 is 0 Å². The molecule has 1 rings (SSSR count). The number of carboxylic acids is 1. The SMILES string of the molecule is O=C(O)c1ccc(C(O)C(O)CCl)c(Cl)c1. The minimum absolute atomic E-state index is 0.0151. The highest BCUT2D eigenvalue weighted by atomic mass is 35.5. The van der Waals surface area contributed by atoms with Gasteiger partial charge in [0, 0.05) is 10.6 Å². The molecule has 1 aromatic rings. The van der Waals surface area contributed by atoms with Crippen LogP contribution in [-0.2, 0) is 0 Å². The molecule has 2 unspecified atom stereocenters. The summed E-state index contributed by atoms with van der Waals surface area (Å²) in [4.78, 5) is 10.6. The predicted octanol–water partition coefficient (Wildman–Crippen LogP) is 1.67. The summed E-state index contributed by atoms with van der Waals surface area (Å²) in [5, 5.41) is 27.7. The Balaban J connectivity index is 3.03. The van der Waals surface area contributed by atoms with Crippen LogP contribution in [0.4, 0.5) is 0 Å². The maximum absolute atomic E-state index is 10.6. The molecule has 1 aromatic carbocycles. The van der Waals surface area contributed by atoms with Crippen LogP contribution in [-0.4, -0.2) is 33.3 Å². The first kappa shape index (κ1) is 13.3. The Morgan fingerprint density at radius 3 is 2.44 bits per heavy atom. The zero-order valence-electron chi connectivity index (χ0n) is 8.10. The van der Waals surface area contributed by atoms with E-state index in [9.17, 15) is 15.0 Å². The van der Waals surface area contributed by atoms with Gasteiger partial charge in [0.25, 0.3) is 0 Å². The van der Waals surface area contributed by atoms with Gasteiger partial charge in [0.2, 0.25) is 0 Å². The first-order chi connectivity index (χ1) is 7.47. The van der Waals surface area contributed by atoms with Crippen LogP contribution in [0.2, 0.25) is 5.02 Å². The molecule has 0 heterocycles. The quantitative estimate of drug-likeness (QED) is 0.723. The molecule has 0 fully saturated rings. The maximum atomic E-state index is 10.6. The molecule has 0 saturated heterocycles. The number of aromatic carboxylic acids is 1. The Bertz CT molecular complexity index is 394. The Morgan fingerprint density at radius 2 is 2.00 bits per heavy atom. The van der Waals surface area contributed by atoms with Crippen LogP contribution in [0.3, 0.4) is 0 Å². The zero-order valence-corrected chi connectivity index (χ0v) is 9.61. The summed E-state index contributed by atoms with van der Waals surface area (Å²) in [6.07, 6.45) is -2.37. The first-order valence-corrected chi connectivity index (χ1v) is 5.33. The largest absolute Gasteiger partial charge is 0.478 e. The van der Waals surface area contributed by atoms with Gasteiger partial charge in [-0.15, -0.1) is 11.6 Å². The second-order valence-corrected chi connectivity index (χ2v) is 3.92. The second kappa shape index (κ2) is 5.50. The zero-order chi connectivity index (χ0) is 12.3. The normalized spacial score (nSPS) is 14.5. The van der Waals surface area contributed by atoms with Crippen molar-refractivity contribution in [2.24, 2.45) is 0 Å². The fraction of sp³-hybridized carbons (Fsp3) is 0.300. The molecule has 0 aliphatic heterocycles. The third kappa shape index (κ3) is 2.86. The fourth-order valence-electron chi connectivity index (χ4n) is 1.19. The highest BCUT2D eigenvalue weighted by molar-refractivity contribution is 6.31. The van der Waals surface area contributed by atoms with Gasteiger partial charge in [0.05, 0.1) is 17.5 Å². The minimum Gasteiger partial charge on any atom is -0.478 e. The summed E-state index contributed by atoms with van der Waals surface area (Å²) in [5.41, 5.74) is 0.265. The van der Waals surface area contributed by atoms with Crippen molar-refractivity contribution in [1.82, 2.24) is 0 Å². The Morgan fingerprint density at radius 1 is 1.38 bits per heavy atom. The van der Waals surface area contributed by atoms with E-state index in [0.29, 0.717) is 0 Å². The molecular formula is C10H10Cl2O4. The van der Waals surface area contributed by atoms with Crippen molar-refractivity contribution in [2.75, 3.05) is 5.88 Å². The molecule has 0 saturated carbocycles. The lowest BCUT2D eigenvalue weighted by atomic mass is 10.0. The third-order valence-corrected chi connectivity index (χ3v) is 2.73. The van der Waals surface area contributed by atoms with Crippen LogP contribution in [0.1, 0.15) is 22.0 Å². The van der Waals surface area contributed by atoms with Gasteiger partial charge in [-0.3, -0.25) is 0 Å². The summed E-state index contributed by atoms with van der Waals surface area (Å²) >= 11 is 11.2.